The quantitative estimate of drug-likeness (QED) is 0.0494. The van der Waals surface area contributed by atoms with Crippen molar-refractivity contribution in [1.29, 1.82) is 0 Å². The van der Waals surface area contributed by atoms with E-state index in [1.165, 1.54) is 117 Å². The number of hydrogen-bond acceptors (Lipinski definition) is 2. The molecule has 0 saturated carbocycles. The van der Waals surface area contributed by atoms with Gasteiger partial charge in [0.1, 0.15) is 7.05 Å². The number of rotatable bonds is 22. The Labute approximate surface area is 588 Å². The van der Waals surface area contributed by atoms with E-state index in [0.29, 0.717) is 11.8 Å². The third kappa shape index (κ3) is 13.2. The lowest BCUT2D eigenvalue weighted by Crippen LogP contribution is -2.33. The highest BCUT2D eigenvalue weighted by Gasteiger charge is 2.49. The summed E-state index contributed by atoms with van der Waals surface area (Å²) in [4.78, 5) is 5.14. The van der Waals surface area contributed by atoms with E-state index in [-0.39, 0.29) is 16.2 Å². The van der Waals surface area contributed by atoms with Gasteiger partial charge >= 0.3 is 0 Å². The van der Waals surface area contributed by atoms with Crippen LogP contribution >= 0.6 is 23.2 Å². The smallest absolute Gasteiger partial charge is 0.210 e. The molecule has 10 aromatic carbocycles. The Bertz CT molecular complexity index is 4740. The molecule has 0 aromatic heterocycles. The molecule has 10 aromatic rings. The molecular formula is C92H94Cl2N3+. The molecule has 0 N–H and O–H groups in total. The van der Waals surface area contributed by atoms with Gasteiger partial charge < -0.3 is 9.80 Å². The van der Waals surface area contributed by atoms with Crippen LogP contribution in [0.5, 0.6) is 0 Å². The van der Waals surface area contributed by atoms with Gasteiger partial charge in [0, 0.05) is 79.9 Å². The van der Waals surface area contributed by atoms with E-state index in [4.69, 9.17) is 29.8 Å². The third-order valence-electron chi connectivity index (χ3n) is 21.8. The Morgan fingerprint density at radius 1 is 0.515 bits per heavy atom. The average Bonchev–Trinajstić information content (AvgIpc) is 1.60. The molecule has 0 amide bonds. The first-order valence-electron chi connectivity index (χ1n) is 35.2. The fourth-order valence-electron chi connectivity index (χ4n) is 16.7. The molecule has 0 spiro atoms. The lowest BCUT2D eigenvalue weighted by molar-refractivity contribution is -0.401. The normalized spacial score (nSPS) is 19.8. The molecule has 0 bridgehead atoms. The van der Waals surface area contributed by atoms with Crippen LogP contribution in [0.15, 0.2) is 278 Å². The zero-order valence-electron chi connectivity index (χ0n) is 58.6. The standard InChI is InChI=1S/C92H94Cl2N3/c1-63(2)52-54-96-81-50-47-75(93)57-79(81)90(8,60-69-25-14-12-15-26-69)85(96)34-22-24-66(6)89(7,87-65(5)36-45-73-29-18-20-31-77(73)87)59-71-41-37-67(38-42-71)56-68-39-43-72(44-40-68)62-92(10)84(95(11)83-49-46-74-30-19-21-32-78(74)88(83)92)33-23-35-86-91(9,61-70-27-16-13-17-28-70)80-58-76(94)48-51-82(80)97(86)55-53-64(3)4/h12-51,57-58,63-64H,6,52-56,59-62H2,1-5,7-11H3/q+1/b24-22+,85-34+. The summed E-state index contributed by atoms with van der Waals surface area (Å²) in [6, 6.07) is 80.7. The van der Waals surface area contributed by atoms with Crippen LogP contribution in [0.2, 0.25) is 10.0 Å². The molecule has 3 aliphatic rings. The van der Waals surface area contributed by atoms with Crippen molar-refractivity contribution in [2.75, 3.05) is 29.9 Å². The van der Waals surface area contributed by atoms with Gasteiger partial charge in [0.2, 0.25) is 5.69 Å². The van der Waals surface area contributed by atoms with Crippen LogP contribution < -0.4 is 9.80 Å². The summed E-state index contributed by atoms with van der Waals surface area (Å²) in [7, 11) is 2.26. The van der Waals surface area contributed by atoms with Gasteiger partial charge in [-0.15, -0.1) is 0 Å². The zero-order chi connectivity index (χ0) is 67.8. The number of hydrogen-bond donors (Lipinski definition) is 0. The second-order valence-corrected chi connectivity index (χ2v) is 30.6. The van der Waals surface area contributed by atoms with Gasteiger partial charge in [0.05, 0.1) is 5.41 Å². The Balaban J connectivity index is 0.782. The highest BCUT2D eigenvalue weighted by molar-refractivity contribution is 6.31. The van der Waals surface area contributed by atoms with Gasteiger partial charge in [-0.2, -0.15) is 4.58 Å². The Kier molecular flexibility index (Phi) is 19.1. The first-order valence-corrected chi connectivity index (χ1v) is 36.0. The van der Waals surface area contributed by atoms with Gasteiger partial charge in [-0.05, 0) is 222 Å². The largest absolute Gasteiger partial charge is 0.344 e. The summed E-state index contributed by atoms with van der Waals surface area (Å²) in [6.45, 7) is 28.1. The van der Waals surface area contributed by atoms with Crippen molar-refractivity contribution in [3.05, 3.63) is 350 Å². The number of fused-ring (bicyclic) bond motifs is 6. The molecule has 3 nitrogen and oxygen atoms in total. The summed E-state index contributed by atoms with van der Waals surface area (Å²) in [6.07, 6.45) is 20.5. The van der Waals surface area contributed by atoms with E-state index in [0.717, 1.165) is 73.7 Å². The van der Waals surface area contributed by atoms with Crippen molar-refractivity contribution in [1.82, 2.24) is 0 Å². The van der Waals surface area contributed by atoms with Crippen LogP contribution in [-0.2, 0) is 53.8 Å². The Morgan fingerprint density at radius 3 is 1.52 bits per heavy atom. The first-order chi connectivity index (χ1) is 46.7. The topological polar surface area (TPSA) is 9.49 Å². The third-order valence-corrected chi connectivity index (χ3v) is 22.3. The fraction of sp³-hybridized carbons (Fsp3) is 0.272. The molecule has 4 atom stereocenters. The molecular weight excluding hydrogens is 1220 g/mol. The Morgan fingerprint density at radius 2 is 0.969 bits per heavy atom. The number of aryl methyl sites for hydroxylation is 1. The molecule has 0 aliphatic carbocycles. The number of allylic oxidation sites excluding steroid dienone is 9. The van der Waals surface area contributed by atoms with Gasteiger partial charge in [0.25, 0.3) is 0 Å². The maximum absolute atomic E-state index is 6.87. The predicted molar refractivity (Wildman–Crippen MR) is 416 cm³/mol. The maximum atomic E-state index is 6.87. The molecule has 490 valence electrons. The summed E-state index contributed by atoms with van der Waals surface area (Å²) in [5, 5.41) is 6.64. The molecule has 0 saturated heterocycles. The van der Waals surface area contributed by atoms with E-state index >= 15 is 0 Å². The van der Waals surface area contributed by atoms with Crippen LogP contribution in [0.4, 0.5) is 17.1 Å². The van der Waals surface area contributed by atoms with E-state index < -0.39 is 5.41 Å². The molecule has 4 unspecified atom stereocenters. The van der Waals surface area contributed by atoms with E-state index in [9.17, 15) is 0 Å². The van der Waals surface area contributed by atoms with Crippen molar-refractivity contribution in [3.8, 4) is 0 Å². The first kappa shape index (κ1) is 66.9. The maximum Gasteiger partial charge on any atom is 0.210 e. The molecule has 5 heteroatoms. The number of benzene rings is 10. The molecule has 3 heterocycles. The second-order valence-electron chi connectivity index (χ2n) is 29.8. The van der Waals surface area contributed by atoms with Crippen molar-refractivity contribution in [2.45, 2.75) is 129 Å². The lowest BCUT2D eigenvalue weighted by Gasteiger charge is -2.34. The van der Waals surface area contributed by atoms with Crippen molar-refractivity contribution >= 4 is 67.5 Å². The predicted octanol–water partition coefficient (Wildman–Crippen LogP) is 23.5. The average molecular weight is 1310 g/mol. The molecule has 0 fully saturated rings. The van der Waals surface area contributed by atoms with Crippen molar-refractivity contribution in [2.24, 2.45) is 11.8 Å². The number of halogens is 2. The minimum absolute atomic E-state index is 0.295. The molecule has 97 heavy (non-hydrogen) atoms. The number of nitrogens with zero attached hydrogens (tertiary/aromatic N) is 3. The van der Waals surface area contributed by atoms with E-state index in [1.54, 1.807) is 0 Å². The van der Waals surface area contributed by atoms with Gasteiger partial charge in [0.15, 0.2) is 5.71 Å². The summed E-state index contributed by atoms with van der Waals surface area (Å²) >= 11 is 13.7. The van der Waals surface area contributed by atoms with Crippen molar-refractivity contribution in [3.63, 3.8) is 0 Å². The lowest BCUT2D eigenvalue weighted by atomic mass is 9.69. The molecule has 0 radical (unpaired) electrons. The van der Waals surface area contributed by atoms with Gasteiger partial charge in [-0.1, -0.05) is 252 Å². The van der Waals surface area contributed by atoms with Crippen LogP contribution in [0.1, 0.15) is 129 Å². The molecule has 3 aliphatic heterocycles. The fourth-order valence-corrected chi connectivity index (χ4v) is 17.0. The van der Waals surface area contributed by atoms with Crippen LogP contribution in [-0.4, -0.2) is 30.4 Å². The minimum atomic E-state index is -0.438. The van der Waals surface area contributed by atoms with E-state index in [1.807, 2.05) is 6.07 Å². The number of anilines is 2. The summed E-state index contributed by atoms with van der Waals surface area (Å²) in [5.41, 5.74) is 21.7. The SMILES string of the molecule is C=C(/C=C/C=C1/N(CCC(C)C)c2ccc(Cl)cc2C1(C)Cc1ccccc1)C(C)(Cc1ccc(Cc2ccc(CC3(C)C(/C=C/C=C4/N(CCC(C)C)c5ccc(Cl)cc5C4(C)Cc4ccccc4)=[N+](C)c4ccc5ccccc5c43)cc2)cc1)c1c(C)ccc2ccccc12. The highest BCUT2D eigenvalue weighted by atomic mass is 35.5. The monoisotopic (exact) mass is 1310 g/mol. The zero-order valence-corrected chi connectivity index (χ0v) is 60.1. The second kappa shape index (κ2) is 27.6. The van der Waals surface area contributed by atoms with E-state index in [2.05, 4.69) is 333 Å². The van der Waals surface area contributed by atoms with Crippen LogP contribution in [0.25, 0.3) is 21.5 Å². The van der Waals surface area contributed by atoms with Gasteiger partial charge in [-0.25, -0.2) is 0 Å². The van der Waals surface area contributed by atoms with Crippen LogP contribution in [0, 0.1) is 18.8 Å². The summed E-state index contributed by atoms with van der Waals surface area (Å²) in [5.74, 6) is 1.12. The highest BCUT2D eigenvalue weighted by Crippen LogP contribution is 2.54. The molecule has 13 rings (SSSR count). The van der Waals surface area contributed by atoms with Crippen molar-refractivity contribution < 1.29 is 4.58 Å². The summed E-state index contributed by atoms with van der Waals surface area (Å²) < 4.78 is 2.45. The van der Waals surface area contributed by atoms with Crippen LogP contribution in [0.3, 0.4) is 0 Å². The Hall–Kier alpha value is -8.73. The van der Waals surface area contributed by atoms with Gasteiger partial charge in [-0.3, -0.25) is 0 Å². The minimum Gasteiger partial charge on any atom is -0.344 e.